The Morgan fingerprint density at radius 2 is 1.79 bits per heavy atom. The first-order valence-corrected chi connectivity index (χ1v) is 10.9. The Bertz CT molecular complexity index is 885. The van der Waals surface area contributed by atoms with E-state index in [-0.39, 0.29) is 10.6 Å². The maximum absolute atomic E-state index is 12.5. The van der Waals surface area contributed by atoms with Crippen LogP contribution in [-0.2, 0) is 10.1 Å². The molecule has 3 rings (SSSR count). The molecule has 0 unspecified atom stereocenters. The number of hydrogen-bond acceptors (Lipinski definition) is 6. The molecule has 0 spiro atoms. The summed E-state index contributed by atoms with van der Waals surface area (Å²) in [7, 11) is -3.88. The molecular formula is C21H27N3O3S. The molecular weight excluding hydrogens is 374 g/mol. The number of anilines is 1. The van der Waals surface area contributed by atoms with Gasteiger partial charge in [-0.1, -0.05) is 32.1 Å². The van der Waals surface area contributed by atoms with Crippen LogP contribution < -0.4 is 9.08 Å². The van der Waals surface area contributed by atoms with E-state index in [4.69, 9.17) is 4.18 Å². The maximum atomic E-state index is 12.5. The lowest BCUT2D eigenvalue weighted by atomic mass is 10.0. The van der Waals surface area contributed by atoms with Crippen molar-refractivity contribution in [1.82, 2.24) is 9.88 Å². The number of aromatic nitrogens is 1. The number of rotatable bonds is 7. The summed E-state index contributed by atoms with van der Waals surface area (Å²) in [6, 6.07) is 10.2. The largest absolute Gasteiger partial charge is 0.377 e. The minimum absolute atomic E-state index is 0.138. The Morgan fingerprint density at radius 3 is 2.32 bits per heavy atom. The Kier molecular flexibility index (Phi) is 6.36. The van der Waals surface area contributed by atoms with Gasteiger partial charge in [0.1, 0.15) is 10.7 Å². The quantitative estimate of drug-likeness (QED) is 0.524. The van der Waals surface area contributed by atoms with Crippen molar-refractivity contribution in [2.45, 2.75) is 24.7 Å². The minimum Gasteiger partial charge on any atom is -0.377 e. The minimum atomic E-state index is -3.88. The summed E-state index contributed by atoms with van der Waals surface area (Å²) in [4.78, 5) is 9.04. The van der Waals surface area contributed by atoms with Gasteiger partial charge in [-0.25, -0.2) is 4.98 Å². The summed E-state index contributed by atoms with van der Waals surface area (Å²) >= 11 is 0. The van der Waals surface area contributed by atoms with Gasteiger partial charge in [0.15, 0.2) is 5.75 Å². The van der Waals surface area contributed by atoms with Gasteiger partial charge in [0, 0.05) is 32.7 Å². The lowest BCUT2D eigenvalue weighted by molar-refractivity contribution is 0.283. The fraction of sp³-hybridized carbons (Fsp3) is 0.381. The number of hydrogen-bond donors (Lipinski definition) is 0. The predicted octanol–water partition coefficient (Wildman–Crippen LogP) is 3.28. The smallest absolute Gasteiger partial charge is 0.339 e. The first-order valence-electron chi connectivity index (χ1n) is 9.48. The van der Waals surface area contributed by atoms with E-state index >= 15 is 0 Å². The summed E-state index contributed by atoms with van der Waals surface area (Å²) in [6.45, 7) is 12.4. The SMILES string of the molecule is C=CCN1CCN(c2ccc(OS(=O)(=O)c3ccc(C(C)C)cc3)cn2)CC1. The molecule has 1 aromatic carbocycles. The van der Waals surface area contributed by atoms with E-state index < -0.39 is 10.1 Å². The molecule has 0 saturated carbocycles. The zero-order valence-corrected chi connectivity index (χ0v) is 17.2. The van der Waals surface area contributed by atoms with Crippen LogP contribution in [-0.4, -0.2) is 51.0 Å². The molecule has 1 aliphatic heterocycles. The Morgan fingerprint density at radius 1 is 1.11 bits per heavy atom. The third kappa shape index (κ3) is 4.91. The first-order chi connectivity index (χ1) is 13.4. The van der Waals surface area contributed by atoms with Crippen molar-refractivity contribution < 1.29 is 12.6 Å². The van der Waals surface area contributed by atoms with Gasteiger partial charge in [0.05, 0.1) is 6.20 Å². The van der Waals surface area contributed by atoms with Crippen LogP contribution in [0, 0.1) is 0 Å². The molecule has 7 heteroatoms. The summed E-state index contributed by atoms with van der Waals surface area (Å²) in [5, 5.41) is 0. The van der Waals surface area contributed by atoms with Gasteiger partial charge in [0.2, 0.25) is 0 Å². The fourth-order valence-corrected chi connectivity index (χ4v) is 4.06. The molecule has 2 heterocycles. The molecule has 0 N–H and O–H groups in total. The molecule has 1 aliphatic rings. The highest BCUT2D eigenvalue weighted by molar-refractivity contribution is 7.87. The maximum Gasteiger partial charge on any atom is 0.339 e. The molecule has 6 nitrogen and oxygen atoms in total. The normalized spacial score (nSPS) is 15.6. The fourth-order valence-electron chi connectivity index (χ4n) is 3.15. The molecule has 0 radical (unpaired) electrons. The van der Waals surface area contributed by atoms with E-state index in [0.717, 1.165) is 44.1 Å². The molecule has 1 fully saturated rings. The molecule has 1 saturated heterocycles. The van der Waals surface area contributed by atoms with Crippen LogP contribution in [0.2, 0.25) is 0 Å². The summed E-state index contributed by atoms with van der Waals surface area (Å²) in [5.74, 6) is 1.37. The molecule has 150 valence electrons. The van der Waals surface area contributed by atoms with Crippen LogP contribution >= 0.6 is 0 Å². The summed E-state index contributed by atoms with van der Waals surface area (Å²) < 4.78 is 30.2. The lowest BCUT2D eigenvalue weighted by Gasteiger charge is -2.34. The van der Waals surface area contributed by atoms with Crippen LogP contribution in [0.25, 0.3) is 0 Å². The lowest BCUT2D eigenvalue weighted by Crippen LogP contribution is -2.46. The predicted molar refractivity (Wildman–Crippen MR) is 111 cm³/mol. The molecule has 1 aromatic heterocycles. The van der Waals surface area contributed by atoms with Crippen LogP contribution in [0.15, 0.2) is 60.1 Å². The second-order valence-electron chi connectivity index (χ2n) is 7.19. The van der Waals surface area contributed by atoms with Crippen LogP contribution in [0.1, 0.15) is 25.3 Å². The van der Waals surface area contributed by atoms with Crippen molar-refractivity contribution in [3.8, 4) is 5.75 Å². The number of pyridine rings is 1. The molecule has 0 amide bonds. The highest BCUT2D eigenvalue weighted by atomic mass is 32.2. The van der Waals surface area contributed by atoms with Crippen molar-refractivity contribution in [2.75, 3.05) is 37.6 Å². The van der Waals surface area contributed by atoms with Crippen LogP contribution in [0.3, 0.4) is 0 Å². The standard InChI is InChI=1S/C21H27N3O3S/c1-4-11-23-12-14-24(15-13-23)21-10-7-19(16-22-21)27-28(25,26)20-8-5-18(6-9-20)17(2)3/h4-10,16-17H,1,11-15H2,2-3H3. The zero-order valence-electron chi connectivity index (χ0n) is 16.4. The van der Waals surface area contributed by atoms with E-state index in [0.29, 0.717) is 5.92 Å². The van der Waals surface area contributed by atoms with E-state index in [1.807, 2.05) is 18.2 Å². The van der Waals surface area contributed by atoms with Gasteiger partial charge in [-0.05, 0) is 35.7 Å². The zero-order chi connectivity index (χ0) is 20.1. The monoisotopic (exact) mass is 401 g/mol. The van der Waals surface area contributed by atoms with Gasteiger partial charge in [-0.3, -0.25) is 4.90 Å². The van der Waals surface area contributed by atoms with Crippen molar-refractivity contribution >= 4 is 15.9 Å². The summed E-state index contributed by atoms with van der Waals surface area (Å²) in [5.41, 5.74) is 1.08. The van der Waals surface area contributed by atoms with Crippen molar-refractivity contribution in [1.29, 1.82) is 0 Å². The number of benzene rings is 1. The topological polar surface area (TPSA) is 62.7 Å². The highest BCUT2D eigenvalue weighted by Gasteiger charge is 2.19. The van der Waals surface area contributed by atoms with Crippen LogP contribution in [0.5, 0.6) is 5.75 Å². The molecule has 2 aromatic rings. The molecule has 0 aliphatic carbocycles. The highest BCUT2D eigenvalue weighted by Crippen LogP contribution is 2.23. The molecule has 28 heavy (non-hydrogen) atoms. The molecule has 0 bridgehead atoms. The molecule has 0 atom stereocenters. The van der Waals surface area contributed by atoms with Crippen molar-refractivity contribution in [3.05, 3.63) is 60.8 Å². The van der Waals surface area contributed by atoms with Gasteiger partial charge in [-0.15, -0.1) is 6.58 Å². The van der Waals surface area contributed by atoms with E-state index in [9.17, 15) is 8.42 Å². The first kappa shape index (κ1) is 20.4. The third-order valence-corrected chi connectivity index (χ3v) is 6.11. The Labute approximate surface area is 167 Å². The average molecular weight is 402 g/mol. The van der Waals surface area contributed by atoms with Crippen LogP contribution in [0.4, 0.5) is 5.82 Å². The van der Waals surface area contributed by atoms with Gasteiger partial charge >= 0.3 is 10.1 Å². The van der Waals surface area contributed by atoms with Gasteiger partial charge < -0.3 is 9.08 Å². The van der Waals surface area contributed by atoms with Crippen molar-refractivity contribution in [2.24, 2.45) is 0 Å². The summed E-state index contributed by atoms with van der Waals surface area (Å²) in [6.07, 6.45) is 3.38. The number of piperazine rings is 1. The Balaban J connectivity index is 1.64. The van der Waals surface area contributed by atoms with E-state index in [1.165, 1.54) is 6.20 Å². The van der Waals surface area contributed by atoms with Crippen molar-refractivity contribution in [3.63, 3.8) is 0 Å². The van der Waals surface area contributed by atoms with Gasteiger partial charge in [0.25, 0.3) is 0 Å². The second kappa shape index (κ2) is 8.75. The van der Waals surface area contributed by atoms with E-state index in [1.54, 1.807) is 24.3 Å². The third-order valence-electron chi connectivity index (χ3n) is 4.85. The van der Waals surface area contributed by atoms with E-state index in [2.05, 4.69) is 35.2 Å². The number of nitrogens with zero attached hydrogens (tertiary/aromatic N) is 3. The second-order valence-corrected chi connectivity index (χ2v) is 8.74. The van der Waals surface area contributed by atoms with Gasteiger partial charge in [-0.2, -0.15) is 8.42 Å². The average Bonchev–Trinajstić information content (AvgIpc) is 2.69. The Hall–Kier alpha value is -2.38.